The van der Waals surface area contributed by atoms with Gasteiger partial charge in [0.05, 0.1) is 18.6 Å². The van der Waals surface area contributed by atoms with Gasteiger partial charge < -0.3 is 9.15 Å². The highest BCUT2D eigenvalue weighted by molar-refractivity contribution is 7.71. The lowest BCUT2D eigenvalue weighted by Crippen LogP contribution is -2.05. The molecule has 2 aromatic heterocycles. The molecule has 1 N–H and O–H groups in total. The lowest BCUT2D eigenvalue weighted by atomic mass is 10.2. The van der Waals surface area contributed by atoms with Gasteiger partial charge in [0.25, 0.3) is 0 Å². The van der Waals surface area contributed by atoms with Gasteiger partial charge in [-0.25, -0.2) is 5.10 Å². The first-order chi connectivity index (χ1) is 12.5. The summed E-state index contributed by atoms with van der Waals surface area (Å²) in [5, 5.41) is 11.5. The van der Waals surface area contributed by atoms with Crippen LogP contribution in [-0.4, -0.2) is 27.2 Å². The van der Waals surface area contributed by atoms with Gasteiger partial charge >= 0.3 is 0 Å². The molecule has 0 unspecified atom stereocenters. The van der Waals surface area contributed by atoms with Gasteiger partial charge in [0, 0.05) is 5.56 Å². The molecule has 2 heterocycles. The Bertz CT molecular complexity index is 981. The van der Waals surface area contributed by atoms with E-state index in [1.807, 2.05) is 63.2 Å². The molecule has 26 heavy (non-hydrogen) atoms. The molecular formula is C19H20N4O2S. The van der Waals surface area contributed by atoms with Gasteiger partial charge in [0.15, 0.2) is 5.82 Å². The van der Waals surface area contributed by atoms with Crippen molar-refractivity contribution in [3.8, 4) is 17.1 Å². The number of nitrogens with one attached hydrogen (secondary N) is 1. The van der Waals surface area contributed by atoms with Crippen LogP contribution in [0, 0.1) is 4.77 Å². The van der Waals surface area contributed by atoms with E-state index in [0.717, 1.165) is 22.6 Å². The van der Waals surface area contributed by atoms with E-state index in [0.29, 0.717) is 10.6 Å². The molecule has 0 aliphatic carbocycles. The van der Waals surface area contributed by atoms with Crippen LogP contribution in [-0.2, 0) is 0 Å². The van der Waals surface area contributed by atoms with Crippen molar-refractivity contribution < 1.29 is 9.15 Å². The first-order valence-electron chi connectivity index (χ1n) is 8.23. The lowest BCUT2D eigenvalue weighted by molar-refractivity contribution is 0.242. The number of aromatic amines is 1. The second-order valence-corrected chi connectivity index (χ2v) is 6.39. The summed E-state index contributed by atoms with van der Waals surface area (Å²) in [7, 11) is 0. The van der Waals surface area contributed by atoms with Gasteiger partial charge in [-0.1, -0.05) is 12.1 Å². The maximum Gasteiger partial charge on any atom is 0.216 e. The Balaban J connectivity index is 1.90. The molecule has 0 aliphatic rings. The van der Waals surface area contributed by atoms with Crippen LogP contribution in [0.1, 0.15) is 26.5 Å². The summed E-state index contributed by atoms with van der Waals surface area (Å²) >= 11 is 5.31. The molecule has 0 saturated heterocycles. The number of hydrogen-bond acceptors (Lipinski definition) is 5. The molecule has 3 rings (SSSR count). The average Bonchev–Trinajstić information content (AvgIpc) is 3.22. The summed E-state index contributed by atoms with van der Waals surface area (Å²) in [5.41, 5.74) is 1.78. The predicted molar refractivity (Wildman–Crippen MR) is 105 cm³/mol. The molecule has 1 aromatic carbocycles. The highest BCUT2D eigenvalue weighted by atomic mass is 32.1. The Labute approximate surface area is 156 Å². The number of rotatable bonds is 6. The van der Waals surface area contributed by atoms with E-state index in [2.05, 4.69) is 15.3 Å². The predicted octanol–water partition coefficient (Wildman–Crippen LogP) is 4.93. The second-order valence-electron chi connectivity index (χ2n) is 6.01. The van der Waals surface area contributed by atoms with E-state index in [-0.39, 0.29) is 6.10 Å². The number of nitrogens with zero attached hydrogens (tertiary/aromatic N) is 3. The third-order valence-electron chi connectivity index (χ3n) is 3.40. The molecule has 0 spiro atoms. The molecule has 7 heteroatoms. The van der Waals surface area contributed by atoms with Crippen molar-refractivity contribution in [3.05, 3.63) is 58.8 Å². The molecule has 0 amide bonds. The third-order valence-corrected chi connectivity index (χ3v) is 3.67. The average molecular weight is 368 g/mol. The highest BCUT2D eigenvalue weighted by Gasteiger charge is 2.09. The number of benzene rings is 1. The Morgan fingerprint density at radius 2 is 2.19 bits per heavy atom. The van der Waals surface area contributed by atoms with Crippen molar-refractivity contribution in [2.24, 2.45) is 5.10 Å². The fraction of sp³-hybridized carbons (Fsp3) is 0.211. The van der Waals surface area contributed by atoms with E-state index in [1.165, 1.54) is 0 Å². The quantitative estimate of drug-likeness (QED) is 0.495. The Morgan fingerprint density at radius 3 is 2.92 bits per heavy atom. The molecule has 0 bridgehead atoms. The summed E-state index contributed by atoms with van der Waals surface area (Å²) in [6.45, 7) is 5.91. The lowest BCUT2D eigenvalue weighted by Gasteiger charge is -2.10. The van der Waals surface area contributed by atoms with Crippen LogP contribution in [0.4, 0.5) is 0 Å². The van der Waals surface area contributed by atoms with E-state index in [1.54, 1.807) is 17.2 Å². The largest absolute Gasteiger partial charge is 0.491 e. The Hall–Kier alpha value is -2.93. The number of aromatic nitrogens is 3. The van der Waals surface area contributed by atoms with Crippen molar-refractivity contribution in [3.63, 3.8) is 0 Å². The van der Waals surface area contributed by atoms with Crippen LogP contribution in [0.5, 0.6) is 5.75 Å². The molecule has 0 saturated carbocycles. The summed E-state index contributed by atoms with van der Waals surface area (Å²) in [5.74, 6) is 2.16. The van der Waals surface area contributed by atoms with E-state index >= 15 is 0 Å². The number of H-pyrrole nitrogens is 1. The standard InChI is InChI=1S/C19H20N4O2S/c1-13(2)25-17-7-4-6-15(11-17)18-21-22-19(26)23(18)20-12-14(3)10-16-8-5-9-24-16/h4-13H,1-3H3,(H,22,26). The van der Waals surface area contributed by atoms with Gasteiger partial charge in [0.1, 0.15) is 11.5 Å². The van der Waals surface area contributed by atoms with Crippen LogP contribution in [0.25, 0.3) is 17.5 Å². The zero-order chi connectivity index (χ0) is 18.5. The molecule has 3 aromatic rings. The van der Waals surface area contributed by atoms with Crippen molar-refractivity contribution in [1.82, 2.24) is 14.9 Å². The zero-order valence-corrected chi connectivity index (χ0v) is 15.7. The molecule has 0 atom stereocenters. The minimum absolute atomic E-state index is 0.0958. The smallest absolute Gasteiger partial charge is 0.216 e. The van der Waals surface area contributed by atoms with Crippen molar-refractivity contribution in [1.29, 1.82) is 0 Å². The zero-order valence-electron chi connectivity index (χ0n) is 14.8. The van der Waals surface area contributed by atoms with Crippen molar-refractivity contribution in [2.75, 3.05) is 0 Å². The van der Waals surface area contributed by atoms with Crippen LogP contribution in [0.3, 0.4) is 0 Å². The number of ether oxygens (including phenoxy) is 1. The summed E-state index contributed by atoms with van der Waals surface area (Å²) < 4.78 is 13.1. The fourth-order valence-corrected chi connectivity index (χ4v) is 2.53. The molecule has 0 fully saturated rings. The van der Waals surface area contributed by atoms with Gasteiger partial charge in [-0.15, -0.1) is 0 Å². The van der Waals surface area contributed by atoms with E-state index in [4.69, 9.17) is 21.4 Å². The topological polar surface area (TPSA) is 68.3 Å². The van der Waals surface area contributed by atoms with Crippen molar-refractivity contribution >= 4 is 24.5 Å². The van der Waals surface area contributed by atoms with Crippen LogP contribution in [0.15, 0.2) is 57.8 Å². The third kappa shape index (κ3) is 4.37. The van der Waals surface area contributed by atoms with Crippen LogP contribution in [0.2, 0.25) is 0 Å². The minimum Gasteiger partial charge on any atom is -0.491 e. The van der Waals surface area contributed by atoms with Gasteiger partial charge in [-0.05, 0) is 68.9 Å². The minimum atomic E-state index is 0.0958. The maximum atomic E-state index is 5.75. The van der Waals surface area contributed by atoms with E-state index in [9.17, 15) is 0 Å². The van der Waals surface area contributed by atoms with Gasteiger partial charge in [0.2, 0.25) is 4.77 Å². The molecule has 0 aliphatic heterocycles. The fourth-order valence-electron chi connectivity index (χ4n) is 2.35. The normalized spacial score (nSPS) is 12.2. The summed E-state index contributed by atoms with van der Waals surface area (Å²) in [6.07, 6.45) is 5.33. The first kappa shape index (κ1) is 17.9. The molecule has 134 valence electrons. The van der Waals surface area contributed by atoms with Gasteiger partial charge in [-0.2, -0.15) is 14.9 Å². The van der Waals surface area contributed by atoms with Gasteiger partial charge in [-0.3, -0.25) is 0 Å². The summed E-state index contributed by atoms with van der Waals surface area (Å²) in [4.78, 5) is 0. The number of furan rings is 1. The van der Waals surface area contributed by atoms with Crippen LogP contribution >= 0.6 is 12.2 Å². The first-order valence-corrected chi connectivity index (χ1v) is 8.64. The highest BCUT2D eigenvalue weighted by Crippen LogP contribution is 2.23. The second kappa shape index (κ2) is 7.97. The monoisotopic (exact) mass is 368 g/mol. The Morgan fingerprint density at radius 1 is 1.35 bits per heavy atom. The molecule has 6 nitrogen and oxygen atoms in total. The molecule has 0 radical (unpaired) electrons. The number of allylic oxidation sites excluding steroid dienone is 1. The van der Waals surface area contributed by atoms with Crippen LogP contribution < -0.4 is 4.74 Å². The molecular weight excluding hydrogens is 348 g/mol. The van der Waals surface area contributed by atoms with Crippen molar-refractivity contribution in [2.45, 2.75) is 26.9 Å². The maximum absolute atomic E-state index is 5.75. The SMILES string of the molecule is CC(C=Nn1c(-c2cccc(OC(C)C)c2)n[nH]c1=S)=Cc1ccco1. The Kier molecular flexibility index (Phi) is 5.48. The van der Waals surface area contributed by atoms with E-state index < -0.39 is 0 Å². The number of hydrogen-bond donors (Lipinski definition) is 1. The summed E-state index contributed by atoms with van der Waals surface area (Å²) in [6, 6.07) is 11.4.